The molecule has 0 fully saturated rings. The Hall–Kier alpha value is -4.40. The number of benzene rings is 1. The Morgan fingerprint density at radius 1 is 1.25 bits per heavy atom. The highest BCUT2D eigenvalue weighted by Crippen LogP contribution is 2.40. The summed E-state index contributed by atoms with van der Waals surface area (Å²) in [5.74, 6) is -1.99. The maximum absolute atomic E-state index is 14.9. The quantitative estimate of drug-likeness (QED) is 0.489. The van der Waals surface area contributed by atoms with E-state index in [9.17, 15) is 23.7 Å². The van der Waals surface area contributed by atoms with Crippen LogP contribution in [0.4, 0.5) is 4.39 Å². The third kappa shape index (κ3) is 2.94. The van der Waals surface area contributed by atoms with Crippen LogP contribution in [-0.2, 0) is 11.3 Å². The molecule has 5 rings (SSSR count). The molecule has 3 heterocycles. The minimum atomic E-state index is -1.12. The maximum Gasteiger partial charge on any atom is 0.333 e. The van der Waals surface area contributed by atoms with Gasteiger partial charge in [-0.15, -0.1) is 4.91 Å². The van der Waals surface area contributed by atoms with Gasteiger partial charge in [0.15, 0.2) is 5.78 Å². The van der Waals surface area contributed by atoms with Crippen LogP contribution in [0.15, 0.2) is 69.3 Å². The number of allylic oxidation sites excluding steroid dienone is 4. The third-order valence-corrected chi connectivity index (χ3v) is 5.45. The summed E-state index contributed by atoms with van der Waals surface area (Å²) in [4.78, 5) is 51.1. The Bertz CT molecular complexity index is 1570. The number of aromatic nitrogens is 2. The lowest BCUT2D eigenvalue weighted by Crippen LogP contribution is -2.14. The predicted octanol–water partition coefficient (Wildman–Crippen LogP) is 4.08. The van der Waals surface area contributed by atoms with E-state index in [1.165, 1.54) is 41.3 Å². The van der Waals surface area contributed by atoms with Crippen molar-refractivity contribution in [2.75, 3.05) is 0 Å². The number of nitrogens with zero attached hydrogens (tertiary/aromatic N) is 2. The molecule has 0 atom stereocenters. The average Bonchev–Trinajstić information content (AvgIpc) is 3.38. The lowest BCUT2D eigenvalue weighted by atomic mass is 9.93. The maximum atomic E-state index is 14.9. The van der Waals surface area contributed by atoms with Crippen LogP contribution in [0, 0.1) is 10.7 Å². The van der Waals surface area contributed by atoms with Gasteiger partial charge in [-0.25, -0.2) is 4.39 Å². The zero-order chi connectivity index (χ0) is 22.4. The van der Waals surface area contributed by atoms with Crippen molar-refractivity contribution in [3.05, 3.63) is 92.9 Å². The third-order valence-electron chi connectivity index (χ3n) is 5.45. The molecule has 158 valence electrons. The second-order valence-corrected chi connectivity index (χ2v) is 7.32. The Balaban J connectivity index is 1.95. The van der Waals surface area contributed by atoms with Gasteiger partial charge in [-0.05, 0) is 23.8 Å². The zero-order valence-electron chi connectivity index (χ0n) is 16.4. The molecule has 0 saturated heterocycles. The van der Waals surface area contributed by atoms with Gasteiger partial charge in [0.25, 0.3) is 0 Å². The molecule has 0 spiro atoms. The van der Waals surface area contributed by atoms with Gasteiger partial charge in [-0.2, -0.15) is 0 Å². The first-order chi connectivity index (χ1) is 15.5. The second-order valence-electron chi connectivity index (χ2n) is 7.32. The van der Waals surface area contributed by atoms with Crippen molar-refractivity contribution in [1.29, 1.82) is 0 Å². The number of carbonyl (C=O) groups excluding carboxylic acids is 2. The minimum absolute atomic E-state index is 0.0417. The number of fused-ring (bicyclic) bond motifs is 3. The molecule has 1 N–H and O–H groups in total. The predicted molar refractivity (Wildman–Crippen MR) is 115 cm³/mol. The Labute approximate surface area is 178 Å². The molecular weight excluding hydrogens is 417 g/mol. The van der Waals surface area contributed by atoms with Gasteiger partial charge in [0.05, 0.1) is 22.6 Å². The number of carbonyl (C=O) groups is 2. The number of furan rings is 1. The fraction of sp³-hybridized carbons (Fsp3) is 0.0870. The molecule has 32 heavy (non-hydrogen) atoms. The van der Waals surface area contributed by atoms with Crippen molar-refractivity contribution < 1.29 is 18.4 Å². The molecule has 1 aliphatic carbocycles. The van der Waals surface area contributed by atoms with Crippen molar-refractivity contribution >= 4 is 39.1 Å². The van der Waals surface area contributed by atoms with Gasteiger partial charge >= 0.3 is 5.91 Å². The number of hydrogen-bond donors (Lipinski definition) is 1. The molecule has 1 aromatic carbocycles. The number of hydrogen-bond acceptors (Lipinski definition) is 5. The number of aromatic amines is 1. The Morgan fingerprint density at radius 2 is 2.09 bits per heavy atom. The molecule has 9 heteroatoms. The van der Waals surface area contributed by atoms with Crippen LogP contribution in [0.25, 0.3) is 27.4 Å². The number of Topliss-reactive ketones (excluding diaryl/α,β-unsaturated/α-hetero) is 1. The first-order valence-corrected chi connectivity index (χ1v) is 9.67. The van der Waals surface area contributed by atoms with E-state index in [1.807, 2.05) is 0 Å². The van der Waals surface area contributed by atoms with Crippen LogP contribution in [0.2, 0.25) is 0 Å². The summed E-state index contributed by atoms with van der Waals surface area (Å²) in [6, 6.07) is 5.60. The van der Waals surface area contributed by atoms with Crippen LogP contribution in [0.3, 0.4) is 0 Å². The molecule has 0 radical (unpaired) electrons. The van der Waals surface area contributed by atoms with Crippen LogP contribution < -0.4 is 5.56 Å². The highest BCUT2D eigenvalue weighted by Gasteiger charge is 2.31. The number of H-pyrrole nitrogens is 1. The van der Waals surface area contributed by atoms with Gasteiger partial charge in [-0.3, -0.25) is 14.4 Å². The molecule has 0 saturated carbocycles. The number of ketones is 1. The largest absolute Gasteiger partial charge is 0.463 e. The lowest BCUT2D eigenvalue weighted by molar-refractivity contribution is -0.113. The van der Waals surface area contributed by atoms with E-state index in [4.69, 9.17) is 4.42 Å². The van der Waals surface area contributed by atoms with E-state index in [0.717, 1.165) is 0 Å². The van der Waals surface area contributed by atoms with Gasteiger partial charge in [0.2, 0.25) is 5.56 Å². The van der Waals surface area contributed by atoms with Crippen LogP contribution in [0.1, 0.15) is 28.0 Å². The van der Waals surface area contributed by atoms with E-state index >= 15 is 0 Å². The van der Waals surface area contributed by atoms with Crippen LogP contribution in [-0.4, -0.2) is 21.2 Å². The molecule has 4 aromatic rings. The first kappa shape index (κ1) is 19.6. The van der Waals surface area contributed by atoms with Gasteiger partial charge in [0, 0.05) is 41.5 Å². The molecule has 0 unspecified atom stereocenters. The molecule has 8 nitrogen and oxygen atoms in total. The van der Waals surface area contributed by atoms with E-state index in [2.05, 4.69) is 10.2 Å². The van der Waals surface area contributed by atoms with Crippen molar-refractivity contribution in [3.63, 3.8) is 0 Å². The number of amides is 1. The van der Waals surface area contributed by atoms with Gasteiger partial charge < -0.3 is 14.0 Å². The molecule has 3 aromatic heterocycles. The monoisotopic (exact) mass is 431 g/mol. The Kier molecular flexibility index (Phi) is 4.51. The van der Waals surface area contributed by atoms with Gasteiger partial charge in [0.1, 0.15) is 17.1 Å². The van der Waals surface area contributed by atoms with E-state index in [1.54, 1.807) is 18.2 Å². The van der Waals surface area contributed by atoms with Gasteiger partial charge in [-0.1, -0.05) is 18.2 Å². The lowest BCUT2D eigenvalue weighted by Gasteiger charge is -2.11. The number of halogens is 1. The number of pyridine rings is 1. The van der Waals surface area contributed by atoms with E-state index < -0.39 is 11.7 Å². The summed E-state index contributed by atoms with van der Waals surface area (Å²) in [6.07, 6.45) is 7.73. The average molecular weight is 431 g/mol. The van der Waals surface area contributed by atoms with E-state index in [0.29, 0.717) is 10.9 Å². The Morgan fingerprint density at radius 3 is 2.84 bits per heavy atom. The number of rotatable bonds is 4. The zero-order valence-corrected chi connectivity index (χ0v) is 16.4. The summed E-state index contributed by atoms with van der Waals surface area (Å²) in [6.45, 7) is -0.0417. The number of nitroso groups, excluding NO2 is 1. The standard InChI is InChI=1S/C23H14FN3O5/c24-15-10-16-20(22-13(15)6-8-32-22)19(14-3-1-2-4-17(14)28)21(23(30)26-31)27(16)11-12-5-7-25-18(29)9-12/h1-3,5-10H,4,11H2,(H,25,29). The molecule has 0 bridgehead atoms. The van der Waals surface area contributed by atoms with Crippen LogP contribution in [0.5, 0.6) is 0 Å². The smallest absolute Gasteiger partial charge is 0.333 e. The van der Waals surface area contributed by atoms with Crippen LogP contribution >= 0.6 is 0 Å². The topological polar surface area (TPSA) is 114 Å². The normalized spacial score (nSPS) is 13.7. The molecular formula is C23H14FN3O5. The molecule has 0 aliphatic heterocycles. The van der Waals surface area contributed by atoms with Crippen molar-refractivity contribution in [2.45, 2.75) is 13.0 Å². The summed E-state index contributed by atoms with van der Waals surface area (Å²) < 4.78 is 21.8. The fourth-order valence-electron chi connectivity index (χ4n) is 4.13. The highest BCUT2D eigenvalue weighted by molar-refractivity contribution is 6.30. The number of nitrogens with one attached hydrogen (secondary N) is 1. The van der Waals surface area contributed by atoms with Crippen molar-refractivity contribution in [3.8, 4) is 0 Å². The highest BCUT2D eigenvalue weighted by atomic mass is 19.1. The second kappa shape index (κ2) is 7.38. The minimum Gasteiger partial charge on any atom is -0.463 e. The summed E-state index contributed by atoms with van der Waals surface area (Å²) in [7, 11) is 0. The molecule has 1 aliphatic rings. The van der Waals surface area contributed by atoms with E-state index in [-0.39, 0.29) is 57.6 Å². The molecule has 1 amide bonds. The van der Waals surface area contributed by atoms with Crippen molar-refractivity contribution in [1.82, 2.24) is 9.55 Å². The van der Waals surface area contributed by atoms with Crippen molar-refractivity contribution in [2.24, 2.45) is 5.18 Å². The SMILES string of the molecule is O=NC(=O)c1c(C2=CC=CCC2=O)c2c3occc3c(F)cc2n1Cc1cc[nH]c(=O)c1. The fourth-order valence-corrected chi connectivity index (χ4v) is 4.13. The summed E-state index contributed by atoms with van der Waals surface area (Å²) in [5.41, 5.74) is 0.686. The first-order valence-electron chi connectivity index (χ1n) is 9.67. The summed E-state index contributed by atoms with van der Waals surface area (Å²) in [5, 5.41) is 3.07. The summed E-state index contributed by atoms with van der Waals surface area (Å²) >= 11 is 0.